The van der Waals surface area contributed by atoms with E-state index in [1.54, 1.807) is 0 Å². The highest BCUT2D eigenvalue weighted by Crippen LogP contribution is 2.37. The maximum absolute atomic E-state index is 12.9. The summed E-state index contributed by atoms with van der Waals surface area (Å²) in [4.78, 5) is 32.8. The lowest BCUT2D eigenvalue weighted by molar-refractivity contribution is -0.384. The van der Waals surface area contributed by atoms with Crippen molar-refractivity contribution in [3.05, 3.63) is 34.4 Å². The zero-order valence-electron chi connectivity index (χ0n) is 11.8. The van der Waals surface area contributed by atoms with Gasteiger partial charge in [-0.2, -0.15) is 13.2 Å². The minimum atomic E-state index is -5.58. The van der Waals surface area contributed by atoms with Crippen molar-refractivity contribution in [2.24, 2.45) is 0 Å². The Balaban J connectivity index is 3.03. The normalized spacial score (nSPS) is 15.1. The maximum Gasteiger partial charge on any atom is 0.430 e. The average molecular weight is 371 g/mol. The van der Waals surface area contributed by atoms with Crippen molar-refractivity contribution in [2.45, 2.75) is 17.2 Å². The summed E-state index contributed by atoms with van der Waals surface area (Å²) >= 11 is 5.34. The number of nitro benzene ring substituents is 1. The molecule has 0 aromatic heterocycles. The molecule has 0 spiro atoms. The molecule has 24 heavy (non-hydrogen) atoms. The van der Waals surface area contributed by atoms with Crippen molar-refractivity contribution in [1.82, 2.24) is 0 Å². The first-order valence-electron chi connectivity index (χ1n) is 6.02. The van der Waals surface area contributed by atoms with E-state index in [0.29, 0.717) is 7.11 Å². The molecule has 1 aromatic rings. The number of nitrogens with one attached hydrogen (secondary N) is 1. The molecule has 0 fully saturated rings. The number of carbonyl (C=O) groups excluding carboxylic acids is 2. The molecule has 0 aliphatic heterocycles. The zero-order valence-corrected chi connectivity index (χ0v) is 12.6. The van der Waals surface area contributed by atoms with E-state index in [9.17, 15) is 38.0 Å². The predicted molar refractivity (Wildman–Crippen MR) is 74.4 cm³/mol. The van der Waals surface area contributed by atoms with E-state index in [-0.39, 0.29) is 11.4 Å². The number of hydrogen-bond acceptors (Lipinski definition) is 6. The SMILES string of the molecule is COC(=O)[C@@](O)([C@H](Cl)C(=O)Nc1ccc([N+](=O)[O-])cc1)C(F)(F)F. The molecule has 2 atom stereocenters. The Morgan fingerprint density at radius 3 is 2.21 bits per heavy atom. The van der Waals surface area contributed by atoms with Crippen LogP contribution >= 0.6 is 11.6 Å². The molecule has 132 valence electrons. The lowest BCUT2D eigenvalue weighted by Crippen LogP contribution is -2.62. The van der Waals surface area contributed by atoms with Crippen molar-refractivity contribution >= 4 is 34.9 Å². The monoisotopic (exact) mass is 370 g/mol. The van der Waals surface area contributed by atoms with Gasteiger partial charge in [-0.3, -0.25) is 14.9 Å². The third-order valence-corrected chi connectivity index (χ3v) is 3.39. The van der Waals surface area contributed by atoms with E-state index in [2.05, 4.69) is 4.74 Å². The highest BCUT2D eigenvalue weighted by atomic mass is 35.5. The Morgan fingerprint density at radius 2 is 1.83 bits per heavy atom. The van der Waals surface area contributed by atoms with Crippen LogP contribution in [0.25, 0.3) is 0 Å². The Labute approximate surface area is 137 Å². The van der Waals surface area contributed by atoms with Crippen molar-refractivity contribution in [3.63, 3.8) is 0 Å². The van der Waals surface area contributed by atoms with Crippen LogP contribution in [-0.2, 0) is 14.3 Å². The number of nitrogens with zero attached hydrogens (tertiary/aromatic N) is 1. The molecular formula is C12H10ClF3N2O6. The third-order valence-electron chi connectivity index (χ3n) is 2.87. The van der Waals surface area contributed by atoms with Gasteiger partial charge in [-0.25, -0.2) is 4.79 Å². The lowest BCUT2D eigenvalue weighted by Gasteiger charge is -2.30. The fourth-order valence-electron chi connectivity index (χ4n) is 1.58. The number of rotatable bonds is 5. The second-order valence-electron chi connectivity index (χ2n) is 4.41. The van der Waals surface area contributed by atoms with Gasteiger partial charge in [-0.05, 0) is 12.1 Å². The predicted octanol–water partition coefficient (Wildman–Crippen LogP) is 1.61. The molecule has 0 aliphatic carbocycles. The molecule has 0 aliphatic rings. The highest BCUT2D eigenvalue weighted by Gasteiger charge is 2.67. The van der Waals surface area contributed by atoms with Gasteiger partial charge in [0.25, 0.3) is 11.3 Å². The van der Waals surface area contributed by atoms with E-state index in [1.807, 2.05) is 5.32 Å². The van der Waals surface area contributed by atoms with Crippen molar-refractivity contribution in [3.8, 4) is 0 Å². The van der Waals surface area contributed by atoms with E-state index >= 15 is 0 Å². The van der Waals surface area contributed by atoms with Gasteiger partial charge in [0, 0.05) is 17.8 Å². The number of nitro groups is 1. The number of benzene rings is 1. The molecule has 8 nitrogen and oxygen atoms in total. The Bertz CT molecular complexity index is 651. The molecule has 0 bridgehead atoms. The number of non-ortho nitro benzene ring substituents is 1. The van der Waals surface area contributed by atoms with Gasteiger partial charge in [-0.15, -0.1) is 11.6 Å². The van der Waals surface area contributed by atoms with E-state index < -0.39 is 34.0 Å². The van der Waals surface area contributed by atoms with Crippen molar-refractivity contribution in [1.29, 1.82) is 0 Å². The average Bonchev–Trinajstić information content (AvgIpc) is 2.51. The minimum Gasteiger partial charge on any atom is -0.467 e. The smallest absolute Gasteiger partial charge is 0.430 e. The summed E-state index contributed by atoms with van der Waals surface area (Å²) in [5, 5.41) is 19.2. The van der Waals surface area contributed by atoms with Crippen molar-refractivity contribution < 1.29 is 37.5 Å². The number of halogens is 4. The number of ether oxygens (including phenoxy) is 1. The fourth-order valence-corrected chi connectivity index (χ4v) is 1.85. The molecular weight excluding hydrogens is 361 g/mol. The van der Waals surface area contributed by atoms with Crippen LogP contribution in [0.1, 0.15) is 0 Å². The third kappa shape index (κ3) is 3.74. The number of aliphatic hydroxyl groups is 1. The number of methoxy groups -OCH3 is 1. The van der Waals surface area contributed by atoms with Crippen LogP contribution in [0.4, 0.5) is 24.5 Å². The largest absolute Gasteiger partial charge is 0.467 e. The Hall–Kier alpha value is -2.40. The molecule has 2 N–H and O–H groups in total. The molecule has 1 aromatic carbocycles. The first-order chi connectivity index (χ1) is 10.9. The number of esters is 1. The van der Waals surface area contributed by atoms with Gasteiger partial charge >= 0.3 is 12.1 Å². The van der Waals surface area contributed by atoms with E-state index in [0.717, 1.165) is 24.3 Å². The number of hydrogen-bond donors (Lipinski definition) is 2. The number of amides is 1. The van der Waals surface area contributed by atoms with Gasteiger partial charge in [0.1, 0.15) is 0 Å². The molecule has 0 radical (unpaired) electrons. The summed E-state index contributed by atoms with van der Waals surface area (Å²) < 4.78 is 42.7. The van der Waals surface area contributed by atoms with E-state index in [4.69, 9.17) is 11.6 Å². The molecule has 0 saturated carbocycles. The summed E-state index contributed by atoms with van der Waals surface area (Å²) in [6.45, 7) is 0. The summed E-state index contributed by atoms with van der Waals surface area (Å²) in [7, 11) is 0.580. The van der Waals surface area contributed by atoms with Crippen LogP contribution in [0.5, 0.6) is 0 Å². The first kappa shape index (κ1) is 19.6. The number of alkyl halides is 4. The van der Waals surface area contributed by atoms with E-state index in [1.165, 1.54) is 0 Å². The molecule has 0 heterocycles. The van der Waals surface area contributed by atoms with Crippen LogP contribution in [0.3, 0.4) is 0 Å². The molecule has 0 unspecified atom stereocenters. The minimum absolute atomic E-state index is 0.134. The standard InChI is InChI=1S/C12H10ClF3N2O6/c1-24-10(20)11(21,12(14,15)16)8(13)9(19)17-6-2-4-7(5-3-6)18(22)23/h2-5,8,21H,1H3,(H,17,19)/t8-,11+/m1/s1. The summed E-state index contributed by atoms with van der Waals surface area (Å²) in [6.07, 6.45) is -5.58. The first-order valence-corrected chi connectivity index (χ1v) is 6.45. The van der Waals surface area contributed by atoms with Gasteiger partial charge in [0.05, 0.1) is 12.0 Å². The second kappa shape index (κ2) is 7.01. The molecule has 0 saturated heterocycles. The van der Waals surface area contributed by atoms with Crippen LogP contribution in [0.15, 0.2) is 24.3 Å². The second-order valence-corrected chi connectivity index (χ2v) is 4.85. The van der Waals surface area contributed by atoms with Gasteiger partial charge in [0.15, 0.2) is 5.38 Å². The van der Waals surface area contributed by atoms with Gasteiger partial charge < -0.3 is 15.2 Å². The number of anilines is 1. The van der Waals surface area contributed by atoms with Crippen LogP contribution in [0, 0.1) is 10.1 Å². The zero-order chi connectivity index (χ0) is 18.7. The highest BCUT2D eigenvalue weighted by molar-refractivity contribution is 6.35. The fraction of sp³-hybridized carbons (Fsp3) is 0.333. The van der Waals surface area contributed by atoms with Crippen LogP contribution in [-0.4, -0.2) is 46.2 Å². The summed E-state index contributed by atoms with van der Waals surface area (Å²) in [5.41, 5.74) is -4.73. The number of carbonyl (C=O) groups is 2. The summed E-state index contributed by atoms with van der Waals surface area (Å²) in [5.74, 6) is -3.72. The maximum atomic E-state index is 12.9. The van der Waals surface area contributed by atoms with Crippen molar-refractivity contribution in [2.75, 3.05) is 12.4 Å². The topological polar surface area (TPSA) is 119 Å². The van der Waals surface area contributed by atoms with Crippen LogP contribution < -0.4 is 5.32 Å². The lowest BCUT2D eigenvalue weighted by atomic mass is 9.98. The summed E-state index contributed by atoms with van der Waals surface area (Å²) in [6, 6.07) is 4.03. The Kier molecular flexibility index (Phi) is 5.74. The Morgan fingerprint density at radius 1 is 1.33 bits per heavy atom. The quantitative estimate of drug-likeness (QED) is 0.352. The van der Waals surface area contributed by atoms with Gasteiger partial charge in [0.2, 0.25) is 5.91 Å². The van der Waals surface area contributed by atoms with Crippen LogP contribution in [0.2, 0.25) is 0 Å². The molecule has 12 heteroatoms. The van der Waals surface area contributed by atoms with Gasteiger partial charge in [-0.1, -0.05) is 0 Å². The molecule has 1 amide bonds. The molecule has 1 rings (SSSR count).